The van der Waals surface area contributed by atoms with Crippen LogP contribution < -0.4 is 4.74 Å². The van der Waals surface area contributed by atoms with E-state index in [1.807, 2.05) is 0 Å². The van der Waals surface area contributed by atoms with Gasteiger partial charge in [-0.2, -0.15) is 13.2 Å². The number of hydrogen-bond acceptors (Lipinski definition) is 2. The van der Waals surface area contributed by atoms with Gasteiger partial charge in [0.05, 0.1) is 7.11 Å². The summed E-state index contributed by atoms with van der Waals surface area (Å²) in [6.45, 7) is 0. The summed E-state index contributed by atoms with van der Waals surface area (Å²) in [5, 5.41) is 0. The smallest absolute Gasteiger partial charge is 0.402 e. The van der Waals surface area contributed by atoms with E-state index in [1.54, 1.807) is 0 Å². The number of hydrogen-bond donors (Lipinski definition) is 0. The van der Waals surface area contributed by atoms with Gasteiger partial charge in [-0.05, 0) is 17.7 Å². The lowest BCUT2D eigenvalue weighted by molar-refractivity contribution is -0.155. The van der Waals surface area contributed by atoms with Crippen LogP contribution in [0.4, 0.5) is 13.2 Å². The molecule has 0 aliphatic rings. The van der Waals surface area contributed by atoms with Crippen LogP contribution >= 0.6 is 0 Å². The first-order chi connectivity index (χ1) is 6.99. The van der Waals surface area contributed by atoms with Crippen LogP contribution in [0.1, 0.15) is 11.5 Å². The third kappa shape index (κ3) is 2.71. The van der Waals surface area contributed by atoms with E-state index in [9.17, 15) is 18.0 Å². The molecule has 82 valence electrons. The molecule has 0 unspecified atom stereocenters. The topological polar surface area (TPSA) is 26.3 Å². The van der Waals surface area contributed by atoms with Crippen molar-refractivity contribution in [3.63, 3.8) is 0 Å². The van der Waals surface area contributed by atoms with Gasteiger partial charge < -0.3 is 9.53 Å². The molecule has 0 radical (unpaired) electrons. The van der Waals surface area contributed by atoms with Gasteiger partial charge in [0.1, 0.15) is 18.0 Å². The van der Waals surface area contributed by atoms with Crippen molar-refractivity contribution in [1.29, 1.82) is 0 Å². The number of benzene rings is 1. The van der Waals surface area contributed by atoms with E-state index in [-0.39, 0.29) is 11.8 Å². The highest BCUT2D eigenvalue weighted by atomic mass is 19.4. The molecule has 1 rings (SSSR count). The normalized spacial score (nSPS) is 13.3. The Morgan fingerprint density at radius 2 is 1.80 bits per heavy atom. The third-order valence-corrected chi connectivity index (χ3v) is 1.96. The molecule has 5 heteroatoms. The van der Waals surface area contributed by atoms with Gasteiger partial charge in [0.15, 0.2) is 0 Å². The first kappa shape index (κ1) is 11.6. The minimum atomic E-state index is -4.55. The molecule has 0 bridgehead atoms. The highest BCUT2D eigenvalue weighted by molar-refractivity contribution is 5.63. The summed E-state index contributed by atoms with van der Waals surface area (Å²) in [6, 6.07) is 5.23. The van der Waals surface area contributed by atoms with Crippen LogP contribution in [0.2, 0.25) is 0 Å². The van der Waals surface area contributed by atoms with Crippen molar-refractivity contribution in [3.8, 4) is 5.75 Å². The molecule has 0 aliphatic carbocycles. The van der Waals surface area contributed by atoms with E-state index >= 15 is 0 Å². The first-order valence-corrected chi connectivity index (χ1v) is 4.15. The zero-order valence-corrected chi connectivity index (χ0v) is 7.91. The summed E-state index contributed by atoms with van der Waals surface area (Å²) in [7, 11) is 1.41. The predicted molar refractivity (Wildman–Crippen MR) is 47.9 cm³/mol. The lowest BCUT2D eigenvalue weighted by Gasteiger charge is -2.14. The summed E-state index contributed by atoms with van der Waals surface area (Å²) in [4.78, 5) is 10.4. The van der Waals surface area contributed by atoms with Crippen LogP contribution in [0.3, 0.4) is 0 Å². The number of rotatable bonds is 3. The van der Waals surface area contributed by atoms with Crippen molar-refractivity contribution >= 4 is 6.29 Å². The lowest BCUT2D eigenvalue weighted by Crippen LogP contribution is -2.21. The number of methoxy groups -OCH3 is 1. The summed E-state index contributed by atoms with van der Waals surface area (Å²) in [5.74, 6) is -1.62. The molecule has 15 heavy (non-hydrogen) atoms. The number of carbonyl (C=O) groups excluding carboxylic acids is 1. The van der Waals surface area contributed by atoms with E-state index in [0.717, 1.165) is 0 Å². The van der Waals surface area contributed by atoms with E-state index in [2.05, 4.69) is 0 Å². The van der Waals surface area contributed by atoms with Gasteiger partial charge in [0.25, 0.3) is 0 Å². The molecule has 1 aromatic carbocycles. The van der Waals surface area contributed by atoms with Crippen molar-refractivity contribution in [2.45, 2.75) is 12.1 Å². The van der Waals surface area contributed by atoms with Crippen molar-refractivity contribution in [2.24, 2.45) is 0 Å². The zero-order chi connectivity index (χ0) is 11.5. The summed E-state index contributed by atoms with van der Waals surface area (Å²) in [5.41, 5.74) is -0.0849. The maximum atomic E-state index is 12.3. The van der Waals surface area contributed by atoms with E-state index in [0.29, 0.717) is 5.75 Å². The molecular formula is C10H9F3O2. The maximum Gasteiger partial charge on any atom is 0.402 e. The van der Waals surface area contributed by atoms with Gasteiger partial charge in [-0.3, -0.25) is 0 Å². The molecule has 0 aromatic heterocycles. The number of carbonyl (C=O) groups is 1. The van der Waals surface area contributed by atoms with Crippen LogP contribution in [-0.2, 0) is 4.79 Å². The summed E-state index contributed by atoms with van der Waals surface area (Å²) < 4.78 is 41.8. The second kappa shape index (κ2) is 4.33. The average molecular weight is 218 g/mol. The minimum absolute atomic E-state index is 0.0849. The van der Waals surface area contributed by atoms with Gasteiger partial charge in [0, 0.05) is 0 Å². The van der Waals surface area contributed by atoms with E-state index < -0.39 is 12.1 Å². The van der Waals surface area contributed by atoms with Crippen molar-refractivity contribution in [2.75, 3.05) is 7.11 Å². The van der Waals surface area contributed by atoms with E-state index in [1.165, 1.54) is 31.4 Å². The zero-order valence-electron chi connectivity index (χ0n) is 7.91. The monoisotopic (exact) mass is 218 g/mol. The largest absolute Gasteiger partial charge is 0.497 e. The molecule has 0 N–H and O–H groups in total. The molecule has 2 nitrogen and oxygen atoms in total. The Kier molecular flexibility index (Phi) is 3.34. The standard InChI is InChI=1S/C10H9F3O2/c1-15-8-4-2-7(3-5-8)9(6-14)10(11,12)13/h2-6,9H,1H3/t9-/m0/s1. The molecular weight excluding hydrogens is 209 g/mol. The van der Waals surface area contributed by atoms with Gasteiger partial charge in [-0.1, -0.05) is 12.1 Å². The Morgan fingerprint density at radius 3 is 2.13 bits per heavy atom. The predicted octanol–water partition coefficient (Wildman–Crippen LogP) is 2.54. The molecule has 1 aromatic rings. The van der Waals surface area contributed by atoms with Gasteiger partial charge in [-0.25, -0.2) is 0 Å². The summed E-state index contributed by atoms with van der Waals surface area (Å²) in [6.07, 6.45) is -4.65. The molecule has 0 amide bonds. The molecule has 0 heterocycles. The Balaban J connectivity index is 2.98. The molecule has 0 aliphatic heterocycles. The van der Waals surface area contributed by atoms with Gasteiger partial charge in [0.2, 0.25) is 0 Å². The Bertz CT molecular complexity index is 330. The molecule has 0 saturated heterocycles. The van der Waals surface area contributed by atoms with Gasteiger partial charge >= 0.3 is 6.18 Å². The Labute approximate surface area is 84.7 Å². The van der Waals surface area contributed by atoms with Crippen LogP contribution in [-0.4, -0.2) is 19.6 Å². The average Bonchev–Trinajstić information content (AvgIpc) is 2.18. The fourth-order valence-corrected chi connectivity index (χ4v) is 1.16. The van der Waals surface area contributed by atoms with Crippen molar-refractivity contribution < 1.29 is 22.7 Å². The number of alkyl halides is 3. The highest BCUT2D eigenvalue weighted by Crippen LogP contribution is 2.33. The van der Waals surface area contributed by atoms with Crippen molar-refractivity contribution in [3.05, 3.63) is 29.8 Å². The van der Waals surface area contributed by atoms with E-state index in [4.69, 9.17) is 4.74 Å². The third-order valence-electron chi connectivity index (χ3n) is 1.96. The second-order valence-electron chi connectivity index (χ2n) is 2.93. The second-order valence-corrected chi connectivity index (χ2v) is 2.93. The maximum absolute atomic E-state index is 12.3. The van der Waals surface area contributed by atoms with Crippen molar-refractivity contribution in [1.82, 2.24) is 0 Å². The fraction of sp³-hybridized carbons (Fsp3) is 0.300. The first-order valence-electron chi connectivity index (χ1n) is 4.15. The number of ether oxygens (including phenoxy) is 1. The SMILES string of the molecule is COc1ccc([C@H](C=O)C(F)(F)F)cc1. The molecule has 0 fully saturated rings. The van der Waals surface area contributed by atoms with Gasteiger partial charge in [-0.15, -0.1) is 0 Å². The van der Waals surface area contributed by atoms with Crippen LogP contribution in [0.25, 0.3) is 0 Å². The fourth-order valence-electron chi connectivity index (χ4n) is 1.16. The Hall–Kier alpha value is -1.52. The molecule has 0 saturated carbocycles. The number of halogens is 3. The minimum Gasteiger partial charge on any atom is -0.497 e. The number of aldehydes is 1. The highest BCUT2D eigenvalue weighted by Gasteiger charge is 2.40. The molecule has 0 spiro atoms. The quantitative estimate of drug-likeness (QED) is 0.729. The Morgan fingerprint density at radius 1 is 1.27 bits per heavy atom. The summed E-state index contributed by atoms with van der Waals surface area (Å²) >= 11 is 0. The van der Waals surface area contributed by atoms with Crippen LogP contribution in [0.5, 0.6) is 5.75 Å². The van der Waals surface area contributed by atoms with Crippen LogP contribution in [0.15, 0.2) is 24.3 Å². The molecule has 1 atom stereocenters. The lowest BCUT2D eigenvalue weighted by atomic mass is 10.0. The van der Waals surface area contributed by atoms with Crippen LogP contribution in [0, 0.1) is 0 Å².